The van der Waals surface area contributed by atoms with Gasteiger partial charge in [-0.1, -0.05) is 173 Å². The first-order chi connectivity index (χ1) is 63.9. The van der Waals surface area contributed by atoms with Gasteiger partial charge in [-0.3, -0.25) is 47.9 Å². The van der Waals surface area contributed by atoms with E-state index in [4.69, 9.17) is 42.6 Å². The van der Waals surface area contributed by atoms with E-state index < -0.39 is 205 Å². The van der Waals surface area contributed by atoms with Gasteiger partial charge in [0, 0.05) is 63.6 Å². The average Bonchev–Trinajstić information content (AvgIpc) is 0.667. The molecule has 3 aromatic carbocycles. The molecule has 14 atom stereocenters. The number of ketones is 1. The van der Waals surface area contributed by atoms with Crippen LogP contribution < -0.4 is 37.2 Å². The molecule has 32 nitrogen and oxygen atoms in total. The Hall–Kier alpha value is -12.0. The van der Waals surface area contributed by atoms with Crippen LogP contribution in [0.25, 0.3) is 0 Å². The van der Waals surface area contributed by atoms with Crippen molar-refractivity contribution < 1.29 is 120 Å². The van der Waals surface area contributed by atoms with Gasteiger partial charge in [0.15, 0.2) is 17.5 Å². The number of fused-ring (bicyclic) bond motifs is 5. The Morgan fingerprint density at radius 1 is 0.602 bits per heavy atom. The topological polar surface area (TPSA) is 447 Å². The smallest absolute Gasteiger partial charge is 0.350 e. The van der Waals surface area contributed by atoms with Gasteiger partial charge in [-0.2, -0.15) is 0 Å². The fraction of sp³-hybridized carbons (Fsp3) is 0.525. The summed E-state index contributed by atoms with van der Waals surface area (Å²) in [4.78, 5) is 194. The molecule has 3 fully saturated rings. The number of benzene rings is 3. The van der Waals surface area contributed by atoms with Crippen molar-refractivity contribution in [2.75, 3.05) is 59.2 Å². The summed E-state index contributed by atoms with van der Waals surface area (Å²) in [7, 11) is 0. The number of aliphatic hydroxyl groups is 2. The van der Waals surface area contributed by atoms with Gasteiger partial charge in [-0.15, -0.1) is 5.92 Å². The lowest BCUT2D eigenvalue weighted by molar-refractivity contribution is -0.346. The number of esters is 6. The third-order valence-electron chi connectivity index (χ3n) is 24.2. The number of hydrogen-bond donors (Lipinski definition) is 9. The molecule has 4 aliphatic carbocycles. The summed E-state index contributed by atoms with van der Waals surface area (Å²) in [5.74, 6) is -7.27. The molecule has 8 rings (SSSR count). The van der Waals surface area contributed by atoms with E-state index in [1.165, 1.54) is 64.1 Å². The van der Waals surface area contributed by atoms with Crippen LogP contribution >= 0.6 is 0 Å². The van der Waals surface area contributed by atoms with Gasteiger partial charge >= 0.3 is 35.8 Å². The zero-order valence-electron chi connectivity index (χ0n) is 77.4. The van der Waals surface area contributed by atoms with E-state index in [0.717, 1.165) is 78.1 Å². The number of nitrogens with one attached hydrogen (secondary N) is 7. The van der Waals surface area contributed by atoms with Crippen LogP contribution in [0.4, 0.5) is 0 Å². The molecule has 1 aliphatic heterocycles. The molecule has 7 amide bonds. The normalized spacial score (nSPS) is 22.8. The molecule has 0 aromatic heterocycles. The highest BCUT2D eigenvalue weighted by atomic mass is 16.6. The lowest BCUT2D eigenvalue weighted by Crippen LogP contribution is -2.82. The first-order valence-corrected chi connectivity index (χ1v) is 46.0. The molecule has 1 unspecified atom stereocenters. The third-order valence-corrected chi connectivity index (χ3v) is 24.2. The molecule has 0 spiro atoms. The quantitative estimate of drug-likeness (QED) is 0.00834. The van der Waals surface area contributed by atoms with Crippen molar-refractivity contribution in [3.8, 4) is 11.8 Å². The van der Waals surface area contributed by atoms with E-state index in [1.807, 2.05) is 12.2 Å². The minimum atomic E-state index is -2.59. The van der Waals surface area contributed by atoms with Crippen LogP contribution in [-0.4, -0.2) is 218 Å². The van der Waals surface area contributed by atoms with Crippen LogP contribution in [-0.2, 0) is 100 Å². The number of carbonyl (C=O) groups excluding carboxylic acids is 14. The van der Waals surface area contributed by atoms with Crippen molar-refractivity contribution >= 4 is 82.9 Å². The second kappa shape index (κ2) is 54.2. The summed E-state index contributed by atoms with van der Waals surface area (Å²) in [5, 5.41) is 45.1. The zero-order valence-corrected chi connectivity index (χ0v) is 77.4. The molecule has 32 heteroatoms. The minimum absolute atomic E-state index is 0.00502. The largest absolute Gasteiger partial charge is 0.464 e. The highest BCUT2D eigenvalue weighted by Crippen LogP contribution is 2.64. The molecule has 3 aromatic rings. The van der Waals surface area contributed by atoms with Crippen LogP contribution in [0.15, 0.2) is 175 Å². The van der Waals surface area contributed by atoms with E-state index >= 15 is 9.59 Å². The zero-order chi connectivity index (χ0) is 96.4. The summed E-state index contributed by atoms with van der Waals surface area (Å²) in [6.45, 7) is 8.16. The number of hydrogen-bond acceptors (Lipinski definition) is 25. The van der Waals surface area contributed by atoms with Crippen molar-refractivity contribution in [2.45, 2.75) is 262 Å². The van der Waals surface area contributed by atoms with E-state index in [-0.39, 0.29) is 85.6 Å². The van der Waals surface area contributed by atoms with Gasteiger partial charge in [0.2, 0.25) is 41.5 Å². The highest BCUT2D eigenvalue weighted by molar-refractivity contribution is 5.97. The molecular weight excluding hydrogens is 1710 g/mol. The Kier molecular flexibility index (Phi) is 43.4. The van der Waals surface area contributed by atoms with Gasteiger partial charge in [0.1, 0.15) is 68.0 Å². The monoisotopic (exact) mass is 1840 g/mol. The number of ether oxygens (including phenoxy) is 9. The van der Waals surface area contributed by atoms with E-state index in [9.17, 15) is 67.7 Å². The third kappa shape index (κ3) is 31.6. The number of aliphatic hydroxyl groups excluding tert-OH is 1. The van der Waals surface area contributed by atoms with Crippen LogP contribution in [0.2, 0.25) is 0 Å². The highest BCUT2D eigenvalue weighted by Gasteiger charge is 2.78. The van der Waals surface area contributed by atoms with Crippen molar-refractivity contribution in [3.63, 3.8) is 0 Å². The number of amides is 7. The Bertz CT molecular complexity index is 4740. The van der Waals surface area contributed by atoms with E-state index in [2.05, 4.69) is 117 Å². The predicted molar refractivity (Wildman–Crippen MR) is 491 cm³/mol. The summed E-state index contributed by atoms with van der Waals surface area (Å²) in [6.07, 6.45) is 25.2. The summed E-state index contributed by atoms with van der Waals surface area (Å²) in [5.41, 5.74) is -8.34. The number of unbranched alkanes of at least 4 members (excludes halogenated alkanes) is 2. The van der Waals surface area contributed by atoms with Gasteiger partial charge in [-0.05, 0) is 164 Å². The molecule has 2 bridgehead atoms. The second-order valence-electron chi connectivity index (χ2n) is 34.2. The van der Waals surface area contributed by atoms with Gasteiger partial charge < -0.3 is 90.1 Å². The number of carbonyl (C=O) groups is 14. The Morgan fingerprint density at radius 3 is 1.79 bits per heavy atom. The Morgan fingerprint density at radius 2 is 1.19 bits per heavy atom. The molecule has 720 valence electrons. The van der Waals surface area contributed by atoms with Gasteiger partial charge in [0.25, 0.3) is 5.91 Å². The minimum Gasteiger partial charge on any atom is -0.464 e. The van der Waals surface area contributed by atoms with Crippen molar-refractivity contribution in [1.29, 1.82) is 0 Å². The van der Waals surface area contributed by atoms with E-state index in [1.54, 1.807) is 61.5 Å². The van der Waals surface area contributed by atoms with Crippen molar-refractivity contribution in [2.24, 2.45) is 16.7 Å². The average molecular weight is 1840 g/mol. The van der Waals surface area contributed by atoms with Crippen LogP contribution in [0, 0.1) is 28.6 Å². The van der Waals surface area contributed by atoms with Crippen molar-refractivity contribution in [3.05, 3.63) is 192 Å². The number of allylic oxidation sites excluding steroid dienone is 12. The fourth-order valence-electron chi connectivity index (χ4n) is 17.1. The Balaban J connectivity index is 0.849. The summed E-state index contributed by atoms with van der Waals surface area (Å²) < 4.78 is 53.6. The molecule has 1 saturated heterocycles. The maximum Gasteiger partial charge on any atom is 0.350 e. The van der Waals surface area contributed by atoms with E-state index in [0.29, 0.717) is 38.6 Å². The maximum absolute atomic E-state index is 16.0. The lowest BCUT2D eigenvalue weighted by Gasteiger charge is -2.67. The molecule has 2 saturated carbocycles. The molecule has 1 heterocycles. The first-order valence-electron chi connectivity index (χ1n) is 46.0. The number of Topliss-reactive ketones (excluding diaryl/α,β-unsaturated/α-hetero) is 1. The second-order valence-corrected chi connectivity index (χ2v) is 34.2. The molecule has 133 heavy (non-hydrogen) atoms. The number of rotatable bonds is 51. The SMILES string of the molecule is CC/C=C\C/C=C\C/C=C\C/C=C\C/C=C\C/C=C\CCC(=O)NCCCC[C@H](NC(=O)COC1C#CCCCCC1)C(=O)NCC(=O)NCC(=O)N[C@@H](CCCCNC(=O)COCC(=O)O[C@@H](C(=O)O[C@H]1C[C@@]2(O)[C@@H](OC(=O)c3ccccc3)[C@@H]3[C@]4(OC(C)=O)CO[C@@H]4C[C@H](O)[C@@]3(C)C(=O)[C@H](OC(C)=O)C(=C1C)C2(C)C)[C@@H](NC(=O)c1ccccc1)c1ccccc1)C(=O)OCC. The Labute approximate surface area is 778 Å². The van der Waals surface area contributed by atoms with Crippen molar-refractivity contribution in [1.82, 2.24) is 37.2 Å². The van der Waals surface area contributed by atoms with Gasteiger partial charge in [-0.25, -0.2) is 19.2 Å². The summed E-state index contributed by atoms with van der Waals surface area (Å²) >= 11 is 0. The maximum atomic E-state index is 16.0. The van der Waals surface area contributed by atoms with Gasteiger partial charge in [0.05, 0.1) is 49.3 Å². The molecular formula is C101H131N7O25. The molecule has 9 N–H and O–H groups in total. The lowest BCUT2D eigenvalue weighted by atomic mass is 9.44. The standard InChI is InChI=1S/C101H131N7O25/c1-9-11-12-13-14-15-16-17-18-19-20-21-22-23-24-25-26-30-42-57-80(112)102-58-45-43-55-75(106-84(116)65-127-74-53-40-28-27-29-41-54-74)94(120)105-62-81(113)104-63-82(114)107-76(96(122)126-10-2)56-44-46-59-103-83(115)64-125-66-85(117)131-89(87(71-47-34-31-35-48-71)108-93(119)72-49-36-32-37-50-72)97(123)130-77-61-101(124)92(132-95(121)73-51-38-33-39-52-73)90-99(8,78(111)60-79-100(90,67-128-79)133-70(5)110)91(118)88(129-69(4)109)86(68(77)3)98(101,6)7/h11-12,14-15,17-18,20-21,23-24,26,30-39,47-52,74-79,87-90,92,111,124H,9-10,13,16,19,22,25,27-29,40,42-46,53,55-67H2,1-8H3,(H,102,112)(H,103,115)(H,104,113)(H,105,120)(H,106,116)(H,107,114)(H,108,119)/b12-11-,15-14-,18-17-,21-20-,24-23-,30-26-/t74?,75-,76-,77-,78-,79+,87-,88+,89+,90-,92-,99+,100-,101+/m0/s1. The van der Waals surface area contributed by atoms with Crippen LogP contribution in [0.1, 0.15) is 223 Å². The molecule has 5 aliphatic rings. The van der Waals surface area contributed by atoms with Crippen LogP contribution in [0.5, 0.6) is 0 Å². The first kappa shape index (κ1) is 106. The predicted octanol–water partition coefficient (Wildman–Crippen LogP) is 9.47. The summed E-state index contributed by atoms with van der Waals surface area (Å²) in [6, 6.07) is 19.4. The fourth-order valence-corrected chi connectivity index (χ4v) is 17.1. The molecule has 0 radical (unpaired) electrons. The van der Waals surface area contributed by atoms with Crippen LogP contribution in [0.3, 0.4) is 0 Å².